The molecular weight excluding hydrogens is 230 g/mol. The molecule has 1 N–H and O–H groups in total. The molecule has 0 aliphatic rings. The molecule has 0 spiro atoms. The number of ether oxygens (including phenoxy) is 1. The van der Waals surface area contributed by atoms with E-state index < -0.39 is 0 Å². The van der Waals surface area contributed by atoms with E-state index in [0.717, 1.165) is 16.9 Å². The fourth-order valence-electron chi connectivity index (χ4n) is 1.35. The standard InChI is InChI=1S/C14H13NO3/c16-7-2-1-4-12-5-3-6-14(8-12)17-10-13-9-15-18-11-13/h3,5-6,8-9,11,16H,2,7,10H2. The van der Waals surface area contributed by atoms with Crippen molar-refractivity contribution in [2.45, 2.75) is 13.0 Å². The second-order valence-electron chi connectivity index (χ2n) is 3.62. The van der Waals surface area contributed by atoms with E-state index in [1.807, 2.05) is 24.3 Å². The fourth-order valence-corrected chi connectivity index (χ4v) is 1.35. The predicted octanol–water partition coefficient (Wildman–Crippen LogP) is 1.99. The van der Waals surface area contributed by atoms with Crippen molar-refractivity contribution < 1.29 is 14.4 Å². The summed E-state index contributed by atoms with van der Waals surface area (Å²) in [6.07, 6.45) is 3.64. The minimum atomic E-state index is 0.0800. The van der Waals surface area contributed by atoms with E-state index >= 15 is 0 Å². The van der Waals surface area contributed by atoms with Crippen LogP contribution in [-0.2, 0) is 6.61 Å². The van der Waals surface area contributed by atoms with Gasteiger partial charge in [0.2, 0.25) is 0 Å². The van der Waals surface area contributed by atoms with Gasteiger partial charge in [-0.05, 0) is 18.2 Å². The molecule has 1 aromatic carbocycles. The molecule has 4 nitrogen and oxygen atoms in total. The number of nitrogens with zero attached hydrogens (tertiary/aromatic N) is 1. The second kappa shape index (κ2) is 6.48. The van der Waals surface area contributed by atoms with Gasteiger partial charge in [0.1, 0.15) is 18.6 Å². The Kier molecular flexibility index (Phi) is 4.39. The first-order valence-electron chi connectivity index (χ1n) is 5.59. The van der Waals surface area contributed by atoms with E-state index in [2.05, 4.69) is 17.0 Å². The molecule has 0 atom stereocenters. The Hall–Kier alpha value is -2.25. The SMILES string of the molecule is OCCC#Cc1cccc(OCc2cnoc2)c1. The fraction of sp³-hybridized carbons (Fsp3) is 0.214. The highest BCUT2D eigenvalue weighted by atomic mass is 16.5. The van der Waals surface area contributed by atoms with Gasteiger partial charge < -0.3 is 14.4 Å². The number of benzene rings is 1. The molecule has 1 aromatic heterocycles. The minimum absolute atomic E-state index is 0.0800. The van der Waals surface area contributed by atoms with Crippen LogP contribution in [0.15, 0.2) is 41.2 Å². The predicted molar refractivity (Wildman–Crippen MR) is 65.9 cm³/mol. The van der Waals surface area contributed by atoms with Crippen molar-refractivity contribution >= 4 is 0 Å². The Morgan fingerprint density at radius 2 is 2.33 bits per heavy atom. The molecule has 4 heteroatoms. The molecule has 92 valence electrons. The summed E-state index contributed by atoms with van der Waals surface area (Å²) in [5, 5.41) is 12.2. The van der Waals surface area contributed by atoms with Gasteiger partial charge in [0.05, 0.1) is 12.8 Å². The lowest BCUT2D eigenvalue weighted by Crippen LogP contribution is -1.93. The lowest BCUT2D eigenvalue weighted by Gasteiger charge is -2.03. The van der Waals surface area contributed by atoms with Gasteiger partial charge >= 0.3 is 0 Å². The van der Waals surface area contributed by atoms with Gasteiger partial charge in [0.25, 0.3) is 0 Å². The van der Waals surface area contributed by atoms with Gasteiger partial charge in [0.15, 0.2) is 0 Å². The molecule has 0 bridgehead atoms. The maximum atomic E-state index is 8.65. The highest BCUT2D eigenvalue weighted by Crippen LogP contribution is 2.14. The van der Waals surface area contributed by atoms with E-state index in [1.165, 1.54) is 0 Å². The number of hydrogen-bond acceptors (Lipinski definition) is 4. The van der Waals surface area contributed by atoms with Crippen LogP contribution in [0.1, 0.15) is 17.5 Å². The van der Waals surface area contributed by atoms with E-state index in [-0.39, 0.29) is 6.61 Å². The van der Waals surface area contributed by atoms with Crippen LogP contribution in [0.2, 0.25) is 0 Å². The van der Waals surface area contributed by atoms with E-state index in [0.29, 0.717) is 13.0 Å². The Bertz CT molecular complexity index is 538. The van der Waals surface area contributed by atoms with Crippen LogP contribution in [0.4, 0.5) is 0 Å². The van der Waals surface area contributed by atoms with Crippen LogP contribution in [0.25, 0.3) is 0 Å². The second-order valence-corrected chi connectivity index (χ2v) is 3.62. The molecule has 1 heterocycles. The van der Waals surface area contributed by atoms with Crippen LogP contribution in [0.3, 0.4) is 0 Å². The Morgan fingerprint density at radius 1 is 1.39 bits per heavy atom. The third kappa shape index (κ3) is 3.65. The molecule has 0 saturated carbocycles. The Morgan fingerprint density at radius 3 is 3.11 bits per heavy atom. The van der Waals surface area contributed by atoms with Crippen LogP contribution >= 0.6 is 0 Å². The monoisotopic (exact) mass is 243 g/mol. The zero-order valence-corrected chi connectivity index (χ0v) is 9.80. The maximum Gasteiger partial charge on any atom is 0.130 e. The van der Waals surface area contributed by atoms with Crippen molar-refractivity contribution in [3.8, 4) is 17.6 Å². The van der Waals surface area contributed by atoms with Gasteiger partial charge in [-0.3, -0.25) is 0 Å². The zero-order chi connectivity index (χ0) is 12.6. The van der Waals surface area contributed by atoms with Crippen LogP contribution in [-0.4, -0.2) is 16.9 Å². The molecule has 0 amide bonds. The summed E-state index contributed by atoms with van der Waals surface area (Å²) in [5.41, 5.74) is 1.75. The molecular formula is C14H13NO3. The highest BCUT2D eigenvalue weighted by Gasteiger charge is 1.98. The largest absolute Gasteiger partial charge is 0.489 e. The van der Waals surface area contributed by atoms with Crippen LogP contribution in [0.5, 0.6) is 5.75 Å². The normalized spacial score (nSPS) is 9.61. The molecule has 0 saturated heterocycles. The highest BCUT2D eigenvalue weighted by molar-refractivity contribution is 5.39. The van der Waals surface area contributed by atoms with Gasteiger partial charge in [-0.25, -0.2) is 0 Å². The first-order valence-corrected chi connectivity index (χ1v) is 5.59. The third-order valence-electron chi connectivity index (χ3n) is 2.19. The summed E-state index contributed by atoms with van der Waals surface area (Å²) in [6, 6.07) is 7.51. The summed E-state index contributed by atoms with van der Waals surface area (Å²) in [4.78, 5) is 0. The Balaban J connectivity index is 1.97. The average molecular weight is 243 g/mol. The van der Waals surface area contributed by atoms with Crippen LogP contribution in [0, 0.1) is 11.8 Å². The first-order chi connectivity index (χ1) is 8.88. The van der Waals surface area contributed by atoms with Crippen molar-refractivity contribution in [2.24, 2.45) is 0 Å². The van der Waals surface area contributed by atoms with Gasteiger partial charge in [-0.2, -0.15) is 0 Å². The van der Waals surface area contributed by atoms with Crippen molar-refractivity contribution in [1.29, 1.82) is 0 Å². The average Bonchev–Trinajstić information content (AvgIpc) is 2.90. The lowest BCUT2D eigenvalue weighted by atomic mass is 10.2. The van der Waals surface area contributed by atoms with E-state index in [1.54, 1.807) is 12.5 Å². The van der Waals surface area contributed by atoms with Crippen molar-refractivity contribution in [1.82, 2.24) is 5.16 Å². The minimum Gasteiger partial charge on any atom is -0.489 e. The summed E-state index contributed by atoms with van der Waals surface area (Å²) < 4.78 is 10.3. The maximum absolute atomic E-state index is 8.65. The van der Waals surface area contributed by atoms with Crippen LogP contribution < -0.4 is 4.74 Å². The van der Waals surface area contributed by atoms with Gasteiger partial charge in [0, 0.05) is 17.5 Å². The molecule has 0 unspecified atom stereocenters. The molecule has 2 aromatic rings. The van der Waals surface area contributed by atoms with Gasteiger partial charge in [-0.1, -0.05) is 23.1 Å². The van der Waals surface area contributed by atoms with Crippen molar-refractivity contribution in [3.05, 3.63) is 47.9 Å². The van der Waals surface area contributed by atoms with Crippen molar-refractivity contribution in [3.63, 3.8) is 0 Å². The number of hydrogen-bond donors (Lipinski definition) is 1. The number of aliphatic hydroxyl groups excluding tert-OH is 1. The number of rotatable bonds is 4. The Labute approximate surface area is 105 Å². The number of aromatic nitrogens is 1. The molecule has 0 aliphatic carbocycles. The third-order valence-corrected chi connectivity index (χ3v) is 2.19. The molecule has 0 aliphatic heterocycles. The molecule has 0 radical (unpaired) electrons. The lowest BCUT2D eigenvalue weighted by molar-refractivity contribution is 0.304. The van der Waals surface area contributed by atoms with Gasteiger partial charge in [-0.15, -0.1) is 0 Å². The summed E-state index contributed by atoms with van der Waals surface area (Å²) in [5.74, 6) is 6.57. The quantitative estimate of drug-likeness (QED) is 0.834. The number of aliphatic hydroxyl groups is 1. The summed E-state index contributed by atoms with van der Waals surface area (Å²) in [6.45, 7) is 0.494. The molecule has 18 heavy (non-hydrogen) atoms. The summed E-state index contributed by atoms with van der Waals surface area (Å²) >= 11 is 0. The summed E-state index contributed by atoms with van der Waals surface area (Å²) in [7, 11) is 0. The smallest absolute Gasteiger partial charge is 0.130 e. The zero-order valence-electron chi connectivity index (χ0n) is 9.80. The van der Waals surface area contributed by atoms with E-state index in [4.69, 9.17) is 14.4 Å². The first kappa shape index (κ1) is 12.2. The van der Waals surface area contributed by atoms with Crippen molar-refractivity contribution in [2.75, 3.05) is 6.61 Å². The molecule has 2 rings (SSSR count). The topological polar surface area (TPSA) is 55.5 Å². The van der Waals surface area contributed by atoms with E-state index in [9.17, 15) is 0 Å². The molecule has 0 fully saturated rings.